The van der Waals surface area contributed by atoms with Gasteiger partial charge in [-0.05, 0) is 24.1 Å². The average Bonchev–Trinajstić information content (AvgIpc) is 2.42. The lowest BCUT2D eigenvalue weighted by molar-refractivity contribution is 0.281. The van der Waals surface area contributed by atoms with Crippen molar-refractivity contribution in [3.8, 4) is 5.75 Å². The second-order valence-corrected chi connectivity index (χ2v) is 4.56. The van der Waals surface area contributed by atoms with Gasteiger partial charge in [-0.15, -0.1) is 0 Å². The summed E-state index contributed by atoms with van der Waals surface area (Å²) in [4.78, 5) is 0. The number of hydrogen-bond acceptors (Lipinski definition) is 2. The minimum absolute atomic E-state index is 0.0864. The van der Waals surface area contributed by atoms with Crippen LogP contribution in [0.3, 0.4) is 0 Å². The molecule has 0 fully saturated rings. The van der Waals surface area contributed by atoms with Crippen LogP contribution in [-0.2, 0) is 6.61 Å². The molecule has 2 radical (unpaired) electrons. The summed E-state index contributed by atoms with van der Waals surface area (Å²) in [6.45, 7) is 0.860. The molecule has 0 unspecified atom stereocenters. The highest BCUT2D eigenvalue weighted by molar-refractivity contribution is 6.08. The Morgan fingerprint density at radius 1 is 0.889 bits per heavy atom. The van der Waals surface area contributed by atoms with Crippen LogP contribution in [0.1, 0.15) is 44.1 Å². The minimum Gasteiger partial charge on any atom is -0.494 e. The molecule has 1 rings (SSSR count). The van der Waals surface area contributed by atoms with Crippen molar-refractivity contribution < 1.29 is 9.84 Å². The first-order valence-electron chi connectivity index (χ1n) is 6.89. The van der Waals surface area contributed by atoms with Gasteiger partial charge < -0.3 is 9.84 Å². The van der Waals surface area contributed by atoms with Gasteiger partial charge in [-0.2, -0.15) is 0 Å². The molecule has 0 amide bonds. The predicted octanol–water partition coefficient (Wildman–Crippen LogP) is 3.49. The lowest BCUT2D eigenvalue weighted by Gasteiger charge is -2.06. The summed E-state index contributed by atoms with van der Waals surface area (Å²) in [5.74, 6) is 0.885. The first kappa shape index (κ1) is 15.1. The maximum Gasteiger partial charge on any atom is 0.119 e. The Labute approximate surface area is 112 Å². The van der Waals surface area contributed by atoms with Crippen LogP contribution in [0.5, 0.6) is 5.75 Å². The van der Waals surface area contributed by atoms with Crippen LogP contribution in [0, 0.1) is 0 Å². The van der Waals surface area contributed by atoms with Crippen LogP contribution in [0.25, 0.3) is 0 Å². The van der Waals surface area contributed by atoms with E-state index in [0.29, 0.717) is 0 Å². The van der Waals surface area contributed by atoms with E-state index in [9.17, 15) is 0 Å². The number of hydrogen-bond donors (Lipinski definition) is 1. The summed E-state index contributed by atoms with van der Waals surface area (Å²) in [6.07, 6.45) is 8.08. The van der Waals surface area contributed by atoms with Crippen LogP contribution in [0.15, 0.2) is 24.3 Å². The quantitative estimate of drug-likeness (QED) is 0.505. The maximum atomic E-state index is 8.91. The van der Waals surface area contributed by atoms with Crippen LogP contribution >= 0.6 is 0 Å². The topological polar surface area (TPSA) is 29.5 Å². The number of unbranched alkanes of at least 4 members (excludes halogenated alkanes) is 5. The van der Waals surface area contributed by atoms with Crippen molar-refractivity contribution in [1.82, 2.24) is 0 Å². The molecule has 0 saturated carbocycles. The minimum atomic E-state index is 0.0864. The molecule has 3 heteroatoms. The van der Waals surface area contributed by atoms with Crippen LogP contribution in [0.4, 0.5) is 0 Å². The Morgan fingerprint density at radius 2 is 1.50 bits per heavy atom. The van der Waals surface area contributed by atoms with E-state index >= 15 is 0 Å². The molecule has 0 heterocycles. The fourth-order valence-corrected chi connectivity index (χ4v) is 1.83. The SMILES string of the molecule is [B]CCCCCCCCOc1ccc(CO)cc1. The van der Waals surface area contributed by atoms with Gasteiger partial charge in [-0.3, -0.25) is 0 Å². The Bertz CT molecular complexity index is 298. The zero-order valence-electron chi connectivity index (χ0n) is 11.1. The highest BCUT2D eigenvalue weighted by Gasteiger charge is 1.95. The molecule has 1 N–H and O–H groups in total. The van der Waals surface area contributed by atoms with Crippen LogP contribution < -0.4 is 4.74 Å². The Hall–Kier alpha value is -0.955. The van der Waals surface area contributed by atoms with Crippen molar-refractivity contribution >= 4 is 7.85 Å². The van der Waals surface area contributed by atoms with Crippen molar-refractivity contribution in [2.75, 3.05) is 6.61 Å². The van der Waals surface area contributed by atoms with E-state index in [1.807, 2.05) is 24.3 Å². The largest absolute Gasteiger partial charge is 0.494 e. The molecular weight excluding hydrogens is 223 g/mol. The first-order chi connectivity index (χ1) is 8.86. The van der Waals surface area contributed by atoms with E-state index in [-0.39, 0.29) is 6.61 Å². The lowest BCUT2D eigenvalue weighted by atomic mass is 9.98. The molecule has 0 bridgehead atoms. The molecular formula is C15H23BO2. The van der Waals surface area contributed by atoms with Crippen molar-refractivity contribution in [3.63, 3.8) is 0 Å². The number of ether oxygens (including phenoxy) is 1. The summed E-state index contributed by atoms with van der Waals surface area (Å²) in [5.41, 5.74) is 0.919. The molecule has 0 atom stereocenters. The molecule has 98 valence electrons. The Kier molecular flexibility index (Phi) is 8.40. The number of aliphatic hydroxyl groups excluding tert-OH is 1. The van der Waals surface area contributed by atoms with Gasteiger partial charge in [0.15, 0.2) is 0 Å². The van der Waals surface area contributed by atoms with E-state index in [1.54, 1.807) is 0 Å². The van der Waals surface area contributed by atoms with Crippen molar-refractivity contribution in [2.24, 2.45) is 0 Å². The smallest absolute Gasteiger partial charge is 0.119 e. The van der Waals surface area contributed by atoms with E-state index in [0.717, 1.165) is 37.1 Å². The normalized spacial score (nSPS) is 10.5. The van der Waals surface area contributed by atoms with Gasteiger partial charge in [0.2, 0.25) is 0 Å². The summed E-state index contributed by atoms with van der Waals surface area (Å²) in [5, 5.41) is 8.91. The highest BCUT2D eigenvalue weighted by atomic mass is 16.5. The zero-order chi connectivity index (χ0) is 13.1. The molecule has 0 aliphatic heterocycles. The molecule has 0 aromatic heterocycles. The van der Waals surface area contributed by atoms with E-state index in [4.69, 9.17) is 17.7 Å². The molecule has 0 aliphatic rings. The summed E-state index contributed by atoms with van der Waals surface area (Å²) in [6, 6.07) is 7.60. The van der Waals surface area contributed by atoms with E-state index in [1.165, 1.54) is 25.7 Å². The van der Waals surface area contributed by atoms with Crippen LogP contribution in [-0.4, -0.2) is 19.6 Å². The molecule has 0 saturated heterocycles. The van der Waals surface area contributed by atoms with Gasteiger partial charge in [0.25, 0.3) is 0 Å². The van der Waals surface area contributed by atoms with Crippen molar-refractivity contribution in [1.29, 1.82) is 0 Å². The molecule has 2 nitrogen and oxygen atoms in total. The van der Waals surface area contributed by atoms with Gasteiger partial charge in [-0.25, -0.2) is 0 Å². The number of rotatable bonds is 10. The third kappa shape index (κ3) is 6.70. The predicted molar refractivity (Wildman–Crippen MR) is 76.1 cm³/mol. The van der Waals surface area contributed by atoms with Gasteiger partial charge in [0.1, 0.15) is 5.75 Å². The van der Waals surface area contributed by atoms with E-state index < -0.39 is 0 Å². The van der Waals surface area contributed by atoms with Gasteiger partial charge >= 0.3 is 0 Å². The molecule has 1 aromatic rings. The second kappa shape index (κ2) is 10.0. The van der Waals surface area contributed by atoms with Gasteiger partial charge in [0.05, 0.1) is 21.1 Å². The summed E-state index contributed by atoms with van der Waals surface area (Å²) in [7, 11) is 5.44. The monoisotopic (exact) mass is 246 g/mol. The summed E-state index contributed by atoms with van der Waals surface area (Å²) >= 11 is 0. The van der Waals surface area contributed by atoms with Gasteiger partial charge in [-0.1, -0.05) is 50.6 Å². The number of benzene rings is 1. The third-order valence-electron chi connectivity index (χ3n) is 2.97. The first-order valence-corrected chi connectivity index (χ1v) is 6.89. The molecule has 0 spiro atoms. The van der Waals surface area contributed by atoms with Crippen molar-refractivity contribution in [2.45, 2.75) is 51.5 Å². The Morgan fingerprint density at radius 3 is 2.11 bits per heavy atom. The second-order valence-electron chi connectivity index (χ2n) is 4.56. The molecule has 1 aromatic carbocycles. The standard InChI is InChI=1S/C15H23BO2/c16-11-5-3-1-2-4-6-12-18-15-9-7-14(13-17)8-10-15/h7-10,17H,1-6,11-13H2. The zero-order valence-corrected chi connectivity index (χ0v) is 11.1. The molecule has 18 heavy (non-hydrogen) atoms. The Balaban J connectivity index is 2.00. The average molecular weight is 246 g/mol. The van der Waals surface area contributed by atoms with Crippen LogP contribution in [0.2, 0.25) is 6.32 Å². The van der Waals surface area contributed by atoms with E-state index in [2.05, 4.69) is 0 Å². The third-order valence-corrected chi connectivity index (χ3v) is 2.97. The highest BCUT2D eigenvalue weighted by Crippen LogP contribution is 2.13. The van der Waals surface area contributed by atoms with Gasteiger partial charge in [0, 0.05) is 0 Å². The van der Waals surface area contributed by atoms with Crippen molar-refractivity contribution in [3.05, 3.63) is 29.8 Å². The summed E-state index contributed by atoms with van der Waals surface area (Å²) < 4.78 is 5.63. The fourth-order valence-electron chi connectivity index (χ4n) is 1.83. The fraction of sp³-hybridized carbons (Fsp3) is 0.600. The lowest BCUT2D eigenvalue weighted by Crippen LogP contribution is -1.97. The number of aliphatic hydroxyl groups is 1. The maximum absolute atomic E-state index is 8.91. The molecule has 0 aliphatic carbocycles.